The Balaban J connectivity index is 1.63. The zero-order chi connectivity index (χ0) is 21.3. The van der Waals surface area contributed by atoms with E-state index in [0.29, 0.717) is 47.7 Å². The molecule has 1 aliphatic rings. The molecule has 0 aliphatic heterocycles. The molecule has 0 atom stereocenters. The second kappa shape index (κ2) is 10.6. The summed E-state index contributed by atoms with van der Waals surface area (Å²) >= 11 is 6.07. The first-order valence-corrected chi connectivity index (χ1v) is 10.2. The highest BCUT2D eigenvalue weighted by Gasteiger charge is 2.24. The molecular formula is C23H23ClN2O4. The van der Waals surface area contributed by atoms with E-state index in [1.165, 1.54) is 0 Å². The van der Waals surface area contributed by atoms with Crippen LogP contribution in [-0.2, 0) is 4.79 Å². The molecule has 1 aliphatic carbocycles. The first kappa shape index (κ1) is 21.5. The largest absolute Gasteiger partial charge is 0.490 e. The van der Waals surface area contributed by atoms with Gasteiger partial charge in [0.05, 0.1) is 11.6 Å². The third-order valence-electron chi connectivity index (χ3n) is 4.29. The highest BCUT2D eigenvalue weighted by Crippen LogP contribution is 2.30. The summed E-state index contributed by atoms with van der Waals surface area (Å²) in [7, 11) is 0. The molecule has 1 N–H and O–H groups in total. The van der Waals surface area contributed by atoms with Gasteiger partial charge in [-0.15, -0.1) is 0 Å². The number of hydrogen-bond donors (Lipinski definition) is 1. The van der Waals surface area contributed by atoms with E-state index in [2.05, 4.69) is 5.32 Å². The van der Waals surface area contributed by atoms with Crippen LogP contribution in [0.4, 0.5) is 0 Å². The minimum Gasteiger partial charge on any atom is -0.490 e. The zero-order valence-electron chi connectivity index (χ0n) is 16.7. The Labute approximate surface area is 181 Å². The van der Waals surface area contributed by atoms with Crippen LogP contribution >= 0.6 is 11.6 Å². The van der Waals surface area contributed by atoms with E-state index in [9.17, 15) is 10.1 Å². The standard InChI is InChI=1S/C23H23ClN2O4/c1-2-28-22-14-16(13-17(15-25)23(27)26-18-8-9-18)7-10-21(22)30-12-11-29-20-6-4-3-5-19(20)24/h3-7,10,13-14,18H,2,8-9,11-12H2,1H3,(H,26,27)/b17-13+. The maximum Gasteiger partial charge on any atom is 0.262 e. The first-order chi connectivity index (χ1) is 14.6. The maximum absolute atomic E-state index is 12.1. The van der Waals surface area contributed by atoms with Crippen molar-refractivity contribution in [2.24, 2.45) is 0 Å². The van der Waals surface area contributed by atoms with Gasteiger partial charge in [0, 0.05) is 6.04 Å². The number of ether oxygens (including phenoxy) is 3. The van der Waals surface area contributed by atoms with Crippen LogP contribution in [0.1, 0.15) is 25.3 Å². The normalized spacial score (nSPS) is 13.3. The summed E-state index contributed by atoms with van der Waals surface area (Å²) in [6.07, 6.45) is 3.47. The quantitative estimate of drug-likeness (QED) is 0.346. The van der Waals surface area contributed by atoms with Crippen molar-refractivity contribution in [3.8, 4) is 23.3 Å². The van der Waals surface area contributed by atoms with Crippen LogP contribution in [-0.4, -0.2) is 31.8 Å². The summed E-state index contributed by atoms with van der Waals surface area (Å²) < 4.78 is 17.1. The fourth-order valence-electron chi connectivity index (χ4n) is 2.67. The van der Waals surface area contributed by atoms with E-state index in [0.717, 1.165) is 12.8 Å². The molecule has 0 unspecified atom stereocenters. The number of rotatable bonds is 10. The lowest BCUT2D eigenvalue weighted by atomic mass is 10.1. The van der Waals surface area contributed by atoms with Crippen LogP contribution in [0.2, 0.25) is 5.02 Å². The zero-order valence-corrected chi connectivity index (χ0v) is 17.4. The van der Waals surface area contributed by atoms with Crippen LogP contribution < -0.4 is 19.5 Å². The monoisotopic (exact) mass is 426 g/mol. The van der Waals surface area contributed by atoms with Crippen molar-refractivity contribution < 1.29 is 19.0 Å². The molecule has 2 aromatic carbocycles. The van der Waals surface area contributed by atoms with Gasteiger partial charge in [0.2, 0.25) is 0 Å². The Bertz CT molecular complexity index is 964. The lowest BCUT2D eigenvalue weighted by molar-refractivity contribution is -0.117. The van der Waals surface area contributed by atoms with Crippen molar-refractivity contribution in [3.63, 3.8) is 0 Å². The van der Waals surface area contributed by atoms with E-state index in [-0.39, 0.29) is 17.5 Å². The van der Waals surface area contributed by atoms with E-state index < -0.39 is 0 Å². The molecule has 0 radical (unpaired) electrons. The van der Waals surface area contributed by atoms with Crippen molar-refractivity contribution in [1.82, 2.24) is 5.32 Å². The number of halogens is 1. The van der Waals surface area contributed by atoms with Crippen LogP contribution in [0.3, 0.4) is 0 Å². The topological polar surface area (TPSA) is 80.6 Å². The summed E-state index contributed by atoms with van der Waals surface area (Å²) in [5.41, 5.74) is 0.742. The summed E-state index contributed by atoms with van der Waals surface area (Å²) in [5.74, 6) is 1.33. The summed E-state index contributed by atoms with van der Waals surface area (Å²) in [6.45, 7) is 2.94. The Morgan fingerprint density at radius 2 is 1.87 bits per heavy atom. The van der Waals surface area contributed by atoms with Gasteiger partial charge in [-0.1, -0.05) is 29.8 Å². The third-order valence-corrected chi connectivity index (χ3v) is 4.60. The minimum atomic E-state index is -0.352. The number of amides is 1. The molecule has 0 saturated heterocycles. The average Bonchev–Trinajstić information content (AvgIpc) is 3.56. The smallest absolute Gasteiger partial charge is 0.262 e. The van der Waals surface area contributed by atoms with Crippen molar-refractivity contribution in [2.45, 2.75) is 25.8 Å². The van der Waals surface area contributed by atoms with Gasteiger partial charge in [0.1, 0.15) is 30.6 Å². The molecule has 1 saturated carbocycles. The molecule has 0 aromatic heterocycles. The van der Waals surface area contributed by atoms with E-state index in [4.69, 9.17) is 25.8 Å². The first-order valence-electron chi connectivity index (χ1n) is 9.80. The number of para-hydroxylation sites is 1. The maximum atomic E-state index is 12.1. The highest BCUT2D eigenvalue weighted by atomic mass is 35.5. The number of nitrogens with one attached hydrogen (secondary N) is 1. The molecule has 0 spiro atoms. The fraction of sp³-hybridized carbons (Fsp3) is 0.304. The fourth-order valence-corrected chi connectivity index (χ4v) is 2.86. The Morgan fingerprint density at radius 3 is 2.53 bits per heavy atom. The molecule has 6 nitrogen and oxygen atoms in total. The van der Waals surface area contributed by atoms with Gasteiger partial charge >= 0.3 is 0 Å². The Morgan fingerprint density at radius 1 is 1.13 bits per heavy atom. The van der Waals surface area contributed by atoms with Crippen LogP contribution in [0, 0.1) is 11.3 Å². The summed E-state index contributed by atoms with van der Waals surface area (Å²) in [6, 6.07) is 14.7. The molecule has 30 heavy (non-hydrogen) atoms. The Kier molecular flexibility index (Phi) is 7.58. The molecular weight excluding hydrogens is 404 g/mol. The molecule has 156 valence electrons. The molecule has 1 fully saturated rings. The second-order valence-electron chi connectivity index (χ2n) is 6.68. The van der Waals surface area contributed by atoms with E-state index in [1.807, 2.05) is 25.1 Å². The molecule has 7 heteroatoms. The predicted octanol–water partition coefficient (Wildman–Crippen LogP) is 4.38. The number of benzene rings is 2. The highest BCUT2D eigenvalue weighted by molar-refractivity contribution is 6.32. The minimum absolute atomic E-state index is 0.0613. The Hall–Kier alpha value is -3.17. The van der Waals surface area contributed by atoms with Crippen molar-refractivity contribution in [3.05, 3.63) is 58.6 Å². The number of nitriles is 1. The van der Waals surface area contributed by atoms with Gasteiger partial charge in [-0.05, 0) is 55.7 Å². The number of nitrogens with zero attached hydrogens (tertiary/aromatic N) is 1. The second-order valence-corrected chi connectivity index (χ2v) is 7.09. The van der Waals surface area contributed by atoms with Gasteiger partial charge < -0.3 is 19.5 Å². The molecule has 2 aromatic rings. The molecule has 0 bridgehead atoms. The van der Waals surface area contributed by atoms with Crippen molar-refractivity contribution in [1.29, 1.82) is 5.26 Å². The summed E-state index contributed by atoms with van der Waals surface area (Å²) in [5, 5.41) is 12.7. The van der Waals surface area contributed by atoms with Gasteiger partial charge in [-0.2, -0.15) is 5.26 Å². The molecule has 0 heterocycles. The van der Waals surface area contributed by atoms with Crippen LogP contribution in [0.5, 0.6) is 17.2 Å². The summed E-state index contributed by atoms with van der Waals surface area (Å²) in [4.78, 5) is 12.1. The van der Waals surface area contributed by atoms with Gasteiger partial charge in [-0.3, -0.25) is 4.79 Å². The van der Waals surface area contributed by atoms with Crippen molar-refractivity contribution in [2.75, 3.05) is 19.8 Å². The molecule has 3 rings (SSSR count). The van der Waals surface area contributed by atoms with Gasteiger partial charge in [0.15, 0.2) is 11.5 Å². The number of carbonyl (C=O) groups is 1. The SMILES string of the molecule is CCOc1cc(/C=C(\C#N)C(=O)NC2CC2)ccc1OCCOc1ccccc1Cl. The number of carbonyl (C=O) groups excluding carboxylic acids is 1. The predicted molar refractivity (Wildman–Crippen MR) is 115 cm³/mol. The number of hydrogen-bond acceptors (Lipinski definition) is 5. The lowest BCUT2D eigenvalue weighted by Gasteiger charge is -2.13. The molecule has 1 amide bonds. The van der Waals surface area contributed by atoms with Crippen LogP contribution in [0.25, 0.3) is 6.08 Å². The van der Waals surface area contributed by atoms with Gasteiger partial charge in [0.25, 0.3) is 5.91 Å². The average molecular weight is 427 g/mol. The van der Waals surface area contributed by atoms with Crippen LogP contribution in [0.15, 0.2) is 48.0 Å². The van der Waals surface area contributed by atoms with E-state index >= 15 is 0 Å². The van der Waals surface area contributed by atoms with E-state index in [1.54, 1.807) is 36.4 Å². The third kappa shape index (κ3) is 6.16. The van der Waals surface area contributed by atoms with Crippen molar-refractivity contribution >= 4 is 23.6 Å². The lowest BCUT2D eigenvalue weighted by Crippen LogP contribution is -2.26. The van der Waals surface area contributed by atoms with Gasteiger partial charge in [-0.25, -0.2) is 0 Å².